The van der Waals surface area contributed by atoms with Gasteiger partial charge in [-0.3, -0.25) is 4.79 Å². The van der Waals surface area contributed by atoms with Crippen molar-refractivity contribution >= 4 is 17.0 Å². The Bertz CT molecular complexity index is 501. The number of nitrogens with one attached hydrogen (secondary N) is 1. The number of fused-ring (bicyclic) bond motifs is 1. The fraction of sp³-hybridized carbons (Fsp3) is 0.500. The molecule has 1 heterocycles. The summed E-state index contributed by atoms with van der Waals surface area (Å²) in [6.45, 7) is 4.56. The van der Waals surface area contributed by atoms with E-state index in [1.807, 2.05) is 32.0 Å². The fourth-order valence-electron chi connectivity index (χ4n) is 1.93. The molecule has 2 rings (SSSR count). The normalized spacial score (nSPS) is 18.5. The average molecular weight is 281 g/mol. The third-order valence-corrected chi connectivity index (χ3v) is 4.27. The lowest BCUT2D eigenvalue weighted by atomic mass is 10.1. The van der Waals surface area contributed by atoms with Gasteiger partial charge >= 0.3 is 0 Å². The first-order chi connectivity index (χ1) is 9.10. The summed E-state index contributed by atoms with van der Waals surface area (Å²) < 4.78 is 16.4. The first kappa shape index (κ1) is 14.1. The quantitative estimate of drug-likeness (QED) is 0.897. The number of rotatable bonds is 5. The minimum atomic E-state index is -1.22. The van der Waals surface area contributed by atoms with Crippen molar-refractivity contribution in [3.05, 3.63) is 29.3 Å². The van der Waals surface area contributed by atoms with Crippen molar-refractivity contribution < 1.29 is 13.2 Å². The monoisotopic (exact) mass is 281 g/mol. The van der Waals surface area contributed by atoms with Crippen LogP contribution < -0.4 is 9.50 Å². The molecule has 1 aliphatic heterocycles. The Balaban J connectivity index is 1.86. The summed E-state index contributed by atoms with van der Waals surface area (Å²) in [5.41, 5.74) is 2.12. The number of benzene rings is 1. The van der Waals surface area contributed by atoms with E-state index in [2.05, 4.69) is 5.32 Å². The molecule has 0 radical (unpaired) electrons. The molecule has 0 fully saturated rings. The molecular weight excluding hydrogens is 262 g/mol. The molecular formula is C14H19NO3S. The Labute approximate surface area is 116 Å². The molecule has 104 valence electrons. The Morgan fingerprint density at radius 2 is 2.32 bits per heavy atom. The number of hydrogen-bond donors (Lipinski definition) is 1. The fourth-order valence-corrected chi connectivity index (χ4v) is 2.83. The van der Waals surface area contributed by atoms with E-state index in [1.54, 1.807) is 0 Å². The van der Waals surface area contributed by atoms with E-state index in [9.17, 15) is 9.00 Å². The number of carbonyl (C=O) groups excluding carboxylic acids is 1. The van der Waals surface area contributed by atoms with E-state index in [0.717, 1.165) is 24.0 Å². The van der Waals surface area contributed by atoms with Crippen LogP contribution >= 0.6 is 0 Å². The van der Waals surface area contributed by atoms with Crippen LogP contribution in [0.3, 0.4) is 0 Å². The van der Waals surface area contributed by atoms with Gasteiger partial charge in [0.1, 0.15) is 5.75 Å². The topological polar surface area (TPSA) is 55.4 Å². The predicted molar refractivity (Wildman–Crippen MR) is 75.1 cm³/mol. The van der Waals surface area contributed by atoms with Crippen LogP contribution in [0.5, 0.6) is 5.75 Å². The Morgan fingerprint density at radius 1 is 1.53 bits per heavy atom. The highest BCUT2D eigenvalue weighted by Gasteiger charge is 2.19. The summed E-state index contributed by atoms with van der Waals surface area (Å²) in [6, 6.07) is 5.82. The van der Waals surface area contributed by atoms with Crippen molar-refractivity contribution in [2.75, 3.05) is 6.54 Å². The third kappa shape index (κ3) is 3.56. The maximum Gasteiger partial charge on any atom is 0.222 e. The summed E-state index contributed by atoms with van der Waals surface area (Å²) in [5.74, 6) is 1.34. The SMILES string of the molecule is CCC(C)C(=O)NCCc1ccc2c(c1)CS(=O)O2. The van der Waals surface area contributed by atoms with Crippen molar-refractivity contribution in [3.8, 4) is 5.75 Å². The van der Waals surface area contributed by atoms with E-state index in [1.165, 1.54) is 0 Å². The number of hydrogen-bond acceptors (Lipinski definition) is 3. The molecule has 1 aromatic rings. The second-order valence-corrected chi connectivity index (χ2v) is 5.89. The first-order valence-corrected chi connectivity index (χ1v) is 7.80. The smallest absolute Gasteiger partial charge is 0.222 e. The van der Waals surface area contributed by atoms with Gasteiger partial charge in [-0.05, 0) is 24.5 Å². The lowest BCUT2D eigenvalue weighted by Gasteiger charge is -2.10. The zero-order valence-corrected chi connectivity index (χ0v) is 12.1. The van der Waals surface area contributed by atoms with E-state index in [-0.39, 0.29) is 11.8 Å². The molecule has 0 aliphatic carbocycles. The average Bonchev–Trinajstić information content (AvgIpc) is 2.77. The van der Waals surface area contributed by atoms with Gasteiger partial charge in [0.25, 0.3) is 0 Å². The van der Waals surface area contributed by atoms with Gasteiger partial charge in [-0.1, -0.05) is 26.0 Å². The molecule has 1 aromatic carbocycles. The molecule has 5 heteroatoms. The van der Waals surface area contributed by atoms with E-state index >= 15 is 0 Å². The van der Waals surface area contributed by atoms with Gasteiger partial charge in [0, 0.05) is 18.0 Å². The number of carbonyl (C=O) groups is 1. The van der Waals surface area contributed by atoms with E-state index in [4.69, 9.17) is 4.18 Å². The number of amides is 1. The molecule has 4 nitrogen and oxygen atoms in total. The molecule has 2 atom stereocenters. The van der Waals surface area contributed by atoms with Gasteiger partial charge in [0.05, 0.1) is 5.75 Å². The van der Waals surface area contributed by atoms with Crippen molar-refractivity contribution in [1.29, 1.82) is 0 Å². The highest BCUT2D eigenvalue weighted by Crippen LogP contribution is 2.28. The van der Waals surface area contributed by atoms with Gasteiger partial charge < -0.3 is 9.50 Å². The van der Waals surface area contributed by atoms with Crippen molar-refractivity contribution in [2.24, 2.45) is 5.92 Å². The van der Waals surface area contributed by atoms with E-state index in [0.29, 0.717) is 18.0 Å². The van der Waals surface area contributed by atoms with Crippen LogP contribution in [0.15, 0.2) is 18.2 Å². The maximum absolute atomic E-state index is 11.6. The molecule has 0 saturated heterocycles. The minimum absolute atomic E-state index is 0.0656. The molecule has 0 spiro atoms. The highest BCUT2D eigenvalue weighted by atomic mass is 32.2. The van der Waals surface area contributed by atoms with Gasteiger partial charge in [0.2, 0.25) is 17.0 Å². The largest absolute Gasteiger partial charge is 0.400 e. The van der Waals surface area contributed by atoms with Gasteiger partial charge in [0.15, 0.2) is 0 Å². The summed E-state index contributed by atoms with van der Waals surface area (Å²) in [4.78, 5) is 11.6. The summed E-state index contributed by atoms with van der Waals surface area (Å²) >= 11 is -1.22. The maximum atomic E-state index is 11.6. The second-order valence-electron chi connectivity index (χ2n) is 4.82. The predicted octanol–water partition coefficient (Wildman–Crippen LogP) is 1.95. The van der Waals surface area contributed by atoms with Crippen LogP contribution in [-0.4, -0.2) is 16.7 Å². The van der Waals surface area contributed by atoms with Crippen LogP contribution in [0, 0.1) is 5.92 Å². The van der Waals surface area contributed by atoms with Crippen LogP contribution in [0.1, 0.15) is 31.4 Å². The second kappa shape index (κ2) is 6.19. The van der Waals surface area contributed by atoms with E-state index < -0.39 is 11.1 Å². The molecule has 1 N–H and O–H groups in total. The van der Waals surface area contributed by atoms with Gasteiger partial charge in [-0.15, -0.1) is 0 Å². The summed E-state index contributed by atoms with van der Waals surface area (Å²) in [5, 5.41) is 2.93. The van der Waals surface area contributed by atoms with Crippen molar-refractivity contribution in [2.45, 2.75) is 32.4 Å². The molecule has 0 bridgehead atoms. The molecule has 0 aromatic heterocycles. The van der Waals surface area contributed by atoms with Gasteiger partial charge in [-0.2, -0.15) is 0 Å². The molecule has 19 heavy (non-hydrogen) atoms. The lowest BCUT2D eigenvalue weighted by molar-refractivity contribution is -0.124. The van der Waals surface area contributed by atoms with Crippen molar-refractivity contribution in [1.82, 2.24) is 5.32 Å². The molecule has 2 unspecified atom stereocenters. The zero-order valence-electron chi connectivity index (χ0n) is 11.3. The summed E-state index contributed by atoms with van der Waals surface area (Å²) in [6.07, 6.45) is 1.63. The first-order valence-electron chi connectivity index (χ1n) is 6.56. The Morgan fingerprint density at radius 3 is 3.05 bits per heavy atom. The minimum Gasteiger partial charge on any atom is -0.400 e. The Hall–Kier alpha value is -1.36. The Kier molecular flexibility index (Phi) is 4.58. The lowest BCUT2D eigenvalue weighted by Crippen LogP contribution is -2.30. The van der Waals surface area contributed by atoms with Crippen LogP contribution in [0.25, 0.3) is 0 Å². The van der Waals surface area contributed by atoms with Crippen molar-refractivity contribution in [3.63, 3.8) is 0 Å². The van der Waals surface area contributed by atoms with Crippen LogP contribution in [-0.2, 0) is 28.0 Å². The molecule has 0 saturated carbocycles. The summed E-state index contributed by atoms with van der Waals surface area (Å²) in [7, 11) is 0. The standard InChI is InChI=1S/C14H19NO3S/c1-3-10(2)14(16)15-7-6-11-4-5-13-12(8-11)9-19(17)18-13/h4-5,8,10H,3,6-7,9H2,1-2H3,(H,15,16). The highest BCUT2D eigenvalue weighted by molar-refractivity contribution is 7.80. The molecule has 1 aliphatic rings. The van der Waals surface area contributed by atoms with Crippen LogP contribution in [0.2, 0.25) is 0 Å². The van der Waals surface area contributed by atoms with Gasteiger partial charge in [-0.25, -0.2) is 4.21 Å². The third-order valence-electron chi connectivity index (χ3n) is 3.35. The zero-order chi connectivity index (χ0) is 13.8. The van der Waals surface area contributed by atoms with Crippen LogP contribution in [0.4, 0.5) is 0 Å². The molecule has 1 amide bonds.